The van der Waals surface area contributed by atoms with Gasteiger partial charge in [-0.05, 0) is 37.3 Å². The van der Waals surface area contributed by atoms with Crippen molar-refractivity contribution in [1.82, 2.24) is 5.43 Å². The Morgan fingerprint density at radius 2 is 1.75 bits per heavy atom. The summed E-state index contributed by atoms with van der Waals surface area (Å²) >= 11 is 0. The molecular weight excluding hydrogens is 375 g/mol. The van der Waals surface area contributed by atoms with Crippen molar-refractivity contribution >= 4 is 23.2 Å². The number of halogens is 3. The minimum absolute atomic E-state index is 0.0212. The van der Waals surface area contributed by atoms with E-state index in [1.54, 1.807) is 24.3 Å². The number of hydrogen-bond acceptors (Lipinski definition) is 4. The minimum Gasteiger partial charge on any atom is -0.484 e. The van der Waals surface area contributed by atoms with Gasteiger partial charge in [0, 0.05) is 11.4 Å². The number of nitrogens with zero attached hydrogens (tertiary/aromatic N) is 1. The first kappa shape index (κ1) is 20.9. The molecule has 148 valence electrons. The van der Waals surface area contributed by atoms with Crippen molar-refractivity contribution < 1.29 is 27.5 Å². The summed E-state index contributed by atoms with van der Waals surface area (Å²) in [5, 5.41) is 6.13. The summed E-state index contributed by atoms with van der Waals surface area (Å²) in [7, 11) is 0. The molecule has 6 nitrogen and oxygen atoms in total. The largest absolute Gasteiger partial charge is 0.484 e. The molecule has 2 amide bonds. The molecule has 0 aliphatic heterocycles. The predicted octanol–water partition coefficient (Wildman–Crippen LogP) is 3.61. The molecule has 0 spiro atoms. The number of hydrogen-bond donors (Lipinski definition) is 2. The summed E-state index contributed by atoms with van der Waals surface area (Å²) in [6.45, 7) is 1.25. The van der Waals surface area contributed by atoms with Gasteiger partial charge < -0.3 is 10.1 Å². The maximum atomic E-state index is 12.7. The van der Waals surface area contributed by atoms with Gasteiger partial charge in [0.1, 0.15) is 5.75 Å². The molecule has 0 saturated carbocycles. The van der Waals surface area contributed by atoms with Crippen LogP contribution in [0.3, 0.4) is 0 Å². The Bertz CT molecular complexity index is 852. The van der Waals surface area contributed by atoms with Gasteiger partial charge in [0.2, 0.25) is 5.91 Å². The van der Waals surface area contributed by atoms with E-state index in [1.165, 1.54) is 19.1 Å². The summed E-state index contributed by atoms with van der Waals surface area (Å²) < 4.78 is 43.3. The predicted molar refractivity (Wildman–Crippen MR) is 97.9 cm³/mol. The van der Waals surface area contributed by atoms with E-state index in [1.807, 2.05) is 6.07 Å². The summed E-state index contributed by atoms with van der Waals surface area (Å²) in [4.78, 5) is 23.6. The average Bonchev–Trinajstić information content (AvgIpc) is 2.65. The first-order valence-corrected chi connectivity index (χ1v) is 8.21. The van der Waals surface area contributed by atoms with Crippen molar-refractivity contribution in [3.63, 3.8) is 0 Å². The van der Waals surface area contributed by atoms with E-state index in [0.29, 0.717) is 5.75 Å². The monoisotopic (exact) mass is 393 g/mol. The number of nitrogens with one attached hydrogen (secondary N) is 2. The lowest BCUT2D eigenvalue weighted by Gasteiger charge is -2.10. The number of ether oxygens (including phenoxy) is 1. The number of anilines is 1. The molecule has 0 atom stereocenters. The summed E-state index contributed by atoms with van der Waals surface area (Å²) in [5.41, 5.74) is 1.68. The molecule has 0 heterocycles. The Labute approximate surface area is 159 Å². The summed E-state index contributed by atoms with van der Waals surface area (Å²) in [5.74, 6) is -0.546. The third kappa shape index (κ3) is 7.10. The Kier molecular flexibility index (Phi) is 7.14. The van der Waals surface area contributed by atoms with Crippen molar-refractivity contribution in [2.24, 2.45) is 5.10 Å². The molecule has 0 bridgehead atoms. The lowest BCUT2D eigenvalue weighted by Crippen LogP contribution is -2.26. The molecule has 0 aliphatic carbocycles. The highest BCUT2D eigenvalue weighted by atomic mass is 19.4. The van der Waals surface area contributed by atoms with E-state index in [9.17, 15) is 22.8 Å². The molecule has 28 heavy (non-hydrogen) atoms. The molecule has 0 radical (unpaired) electrons. The molecule has 9 heteroatoms. The zero-order valence-electron chi connectivity index (χ0n) is 14.9. The first-order valence-electron chi connectivity index (χ1n) is 8.21. The van der Waals surface area contributed by atoms with Crippen LogP contribution in [0.4, 0.5) is 18.9 Å². The van der Waals surface area contributed by atoms with Crippen molar-refractivity contribution in [2.45, 2.75) is 19.5 Å². The molecule has 0 unspecified atom stereocenters. The fourth-order valence-electron chi connectivity index (χ4n) is 2.11. The number of amides is 2. The quantitative estimate of drug-likeness (QED) is 0.557. The smallest absolute Gasteiger partial charge is 0.416 e. The fourth-order valence-corrected chi connectivity index (χ4v) is 2.11. The van der Waals surface area contributed by atoms with Gasteiger partial charge in [-0.3, -0.25) is 9.59 Å². The van der Waals surface area contributed by atoms with Crippen LogP contribution < -0.4 is 15.5 Å². The highest BCUT2D eigenvalue weighted by Crippen LogP contribution is 2.30. The topological polar surface area (TPSA) is 79.8 Å². The van der Waals surface area contributed by atoms with Gasteiger partial charge in [0.25, 0.3) is 5.91 Å². The normalized spacial score (nSPS) is 11.6. The molecule has 0 fully saturated rings. The van der Waals surface area contributed by atoms with E-state index in [2.05, 4.69) is 15.8 Å². The molecule has 0 aliphatic rings. The van der Waals surface area contributed by atoms with Crippen molar-refractivity contribution in [2.75, 3.05) is 11.9 Å². The second-order valence-corrected chi connectivity index (χ2v) is 5.79. The van der Waals surface area contributed by atoms with Crippen LogP contribution in [0.25, 0.3) is 0 Å². The number of rotatable bonds is 7. The lowest BCUT2D eigenvalue weighted by atomic mass is 10.2. The third-order valence-electron chi connectivity index (χ3n) is 3.37. The molecule has 2 aromatic carbocycles. The Morgan fingerprint density at radius 1 is 1.04 bits per heavy atom. The molecule has 2 rings (SSSR count). The van der Waals surface area contributed by atoms with Gasteiger partial charge in [-0.1, -0.05) is 24.3 Å². The number of benzene rings is 2. The highest BCUT2D eigenvalue weighted by Gasteiger charge is 2.30. The SMILES string of the molecule is CC(CC(=O)Nc1cccc(C(F)(F)F)c1)=NNC(=O)COc1ccccc1. The number of carbonyl (C=O) groups excluding carboxylic acids is 2. The maximum Gasteiger partial charge on any atom is 0.416 e. The van der Waals surface area contributed by atoms with Crippen molar-refractivity contribution in [1.29, 1.82) is 0 Å². The number of para-hydroxylation sites is 1. The van der Waals surface area contributed by atoms with Gasteiger partial charge >= 0.3 is 6.18 Å². The van der Waals surface area contributed by atoms with Crippen LogP contribution >= 0.6 is 0 Å². The van der Waals surface area contributed by atoms with Gasteiger partial charge in [-0.25, -0.2) is 5.43 Å². The van der Waals surface area contributed by atoms with Crippen LogP contribution in [0, 0.1) is 0 Å². The highest BCUT2D eigenvalue weighted by molar-refractivity contribution is 6.05. The summed E-state index contributed by atoms with van der Waals surface area (Å²) in [6, 6.07) is 13.0. The van der Waals surface area contributed by atoms with Gasteiger partial charge in [-0.2, -0.15) is 18.3 Å². The average molecular weight is 393 g/mol. The molecule has 0 saturated heterocycles. The fraction of sp³-hybridized carbons (Fsp3) is 0.211. The molecule has 2 aromatic rings. The Balaban J connectivity index is 1.80. The van der Waals surface area contributed by atoms with Gasteiger partial charge in [0.15, 0.2) is 6.61 Å². The Hall–Kier alpha value is -3.36. The maximum absolute atomic E-state index is 12.7. The number of carbonyl (C=O) groups is 2. The van der Waals surface area contributed by atoms with Crippen LogP contribution in [0.1, 0.15) is 18.9 Å². The number of hydrazone groups is 1. The van der Waals surface area contributed by atoms with E-state index in [-0.39, 0.29) is 24.4 Å². The van der Waals surface area contributed by atoms with Crippen LogP contribution in [0.5, 0.6) is 5.75 Å². The van der Waals surface area contributed by atoms with E-state index in [4.69, 9.17) is 4.74 Å². The zero-order valence-corrected chi connectivity index (χ0v) is 14.9. The second kappa shape index (κ2) is 9.54. The number of alkyl halides is 3. The Morgan fingerprint density at radius 3 is 2.43 bits per heavy atom. The standard InChI is InChI=1S/C19H18F3N3O3/c1-13(24-25-18(27)12-28-16-8-3-2-4-9-16)10-17(26)23-15-7-5-6-14(11-15)19(20,21)22/h2-9,11H,10,12H2,1H3,(H,23,26)(H,25,27). The second-order valence-electron chi connectivity index (χ2n) is 5.79. The van der Waals surface area contributed by atoms with E-state index < -0.39 is 23.6 Å². The van der Waals surface area contributed by atoms with Gasteiger partial charge in [0.05, 0.1) is 12.0 Å². The summed E-state index contributed by atoms with van der Waals surface area (Å²) in [6.07, 6.45) is -4.69. The van der Waals surface area contributed by atoms with Crippen molar-refractivity contribution in [3.05, 3.63) is 60.2 Å². The van der Waals surface area contributed by atoms with Crippen molar-refractivity contribution in [3.8, 4) is 5.75 Å². The molecule has 2 N–H and O–H groups in total. The van der Waals surface area contributed by atoms with Crippen LogP contribution in [0.2, 0.25) is 0 Å². The molecular formula is C19H18F3N3O3. The third-order valence-corrected chi connectivity index (χ3v) is 3.37. The minimum atomic E-state index is -4.50. The zero-order chi connectivity index (χ0) is 20.6. The molecule has 0 aromatic heterocycles. The van der Waals surface area contributed by atoms with Crippen LogP contribution in [-0.2, 0) is 15.8 Å². The lowest BCUT2D eigenvalue weighted by molar-refractivity contribution is -0.137. The first-order chi connectivity index (χ1) is 13.2. The van der Waals surface area contributed by atoms with Crippen LogP contribution in [-0.4, -0.2) is 24.1 Å². The van der Waals surface area contributed by atoms with E-state index >= 15 is 0 Å². The van der Waals surface area contributed by atoms with Gasteiger partial charge in [-0.15, -0.1) is 0 Å². The van der Waals surface area contributed by atoms with E-state index in [0.717, 1.165) is 12.1 Å². The van der Waals surface area contributed by atoms with Crippen LogP contribution in [0.15, 0.2) is 59.7 Å².